The molecule has 0 aliphatic heterocycles. The van der Waals surface area contributed by atoms with Gasteiger partial charge in [-0.2, -0.15) is 0 Å². The molecule has 0 spiro atoms. The molecule has 1 aromatic rings. The van der Waals surface area contributed by atoms with Crippen LogP contribution in [0.25, 0.3) is 0 Å². The molecule has 1 aromatic carbocycles. The number of rotatable bonds is 7. The van der Waals surface area contributed by atoms with Gasteiger partial charge in [-0.15, -0.1) is 0 Å². The molecule has 0 radical (unpaired) electrons. The van der Waals surface area contributed by atoms with E-state index in [4.69, 9.17) is 11.6 Å². The van der Waals surface area contributed by atoms with E-state index in [1.54, 1.807) is 18.2 Å². The summed E-state index contributed by atoms with van der Waals surface area (Å²) < 4.78 is 24.7. The van der Waals surface area contributed by atoms with Crippen LogP contribution in [0.3, 0.4) is 0 Å². The van der Waals surface area contributed by atoms with Crippen LogP contribution in [0.1, 0.15) is 17.3 Å². The number of hydrogen-bond acceptors (Lipinski definition) is 4. The van der Waals surface area contributed by atoms with E-state index < -0.39 is 10.0 Å². The van der Waals surface area contributed by atoms with Crippen molar-refractivity contribution in [2.75, 3.05) is 31.2 Å². The third-order valence-corrected chi connectivity index (χ3v) is 4.16. The minimum atomic E-state index is -3.33. The summed E-state index contributed by atoms with van der Waals surface area (Å²) in [6, 6.07) is 4.94. The van der Waals surface area contributed by atoms with E-state index in [9.17, 15) is 13.2 Å². The van der Waals surface area contributed by atoms with Gasteiger partial charge in [0.15, 0.2) is 0 Å². The van der Waals surface area contributed by atoms with E-state index in [2.05, 4.69) is 15.4 Å². The molecule has 8 heteroatoms. The van der Waals surface area contributed by atoms with E-state index in [0.717, 1.165) is 0 Å². The highest BCUT2D eigenvalue weighted by atomic mass is 35.5. The second kappa shape index (κ2) is 7.47. The van der Waals surface area contributed by atoms with Gasteiger partial charge in [-0.05, 0) is 32.2 Å². The Hall–Kier alpha value is -1.31. The van der Waals surface area contributed by atoms with Crippen LogP contribution in [-0.2, 0) is 10.0 Å². The van der Waals surface area contributed by atoms with Gasteiger partial charge >= 0.3 is 0 Å². The lowest BCUT2D eigenvalue weighted by Gasteiger charge is -2.11. The van der Waals surface area contributed by atoms with Crippen molar-refractivity contribution in [3.8, 4) is 0 Å². The maximum absolute atomic E-state index is 12.0. The summed E-state index contributed by atoms with van der Waals surface area (Å²) in [5.41, 5.74) is 1.05. The second-order valence-corrected chi connectivity index (χ2v) is 6.48. The van der Waals surface area contributed by atoms with Crippen LogP contribution < -0.4 is 15.4 Å². The quantitative estimate of drug-likeness (QED) is 0.701. The minimum absolute atomic E-state index is 0.0279. The molecule has 0 aliphatic rings. The Bertz CT molecular complexity index is 575. The van der Waals surface area contributed by atoms with E-state index in [1.807, 2.05) is 6.92 Å². The van der Waals surface area contributed by atoms with Crippen LogP contribution in [-0.4, -0.2) is 40.2 Å². The maximum atomic E-state index is 12.0. The largest absolute Gasteiger partial charge is 0.385 e. The van der Waals surface area contributed by atoms with Crippen LogP contribution in [0.4, 0.5) is 5.69 Å². The van der Waals surface area contributed by atoms with E-state index in [-0.39, 0.29) is 18.2 Å². The number of anilines is 1. The Morgan fingerprint density at radius 2 is 2.05 bits per heavy atom. The molecule has 1 rings (SSSR count). The van der Waals surface area contributed by atoms with Crippen LogP contribution in [0, 0.1) is 0 Å². The van der Waals surface area contributed by atoms with Gasteiger partial charge in [-0.1, -0.05) is 11.6 Å². The van der Waals surface area contributed by atoms with Crippen LogP contribution >= 0.6 is 11.6 Å². The second-order valence-electron chi connectivity index (χ2n) is 4.00. The van der Waals surface area contributed by atoms with Crippen molar-refractivity contribution in [2.45, 2.75) is 6.92 Å². The van der Waals surface area contributed by atoms with Crippen LogP contribution in [0.2, 0.25) is 5.02 Å². The first-order valence-electron chi connectivity index (χ1n) is 6.12. The smallest absolute Gasteiger partial charge is 0.253 e. The van der Waals surface area contributed by atoms with E-state index in [1.165, 1.54) is 7.05 Å². The minimum Gasteiger partial charge on any atom is -0.385 e. The number of carbonyl (C=O) groups excluding carboxylic acids is 1. The topological polar surface area (TPSA) is 87.3 Å². The summed E-state index contributed by atoms with van der Waals surface area (Å²) in [6.45, 7) is 2.60. The third kappa shape index (κ3) is 4.99. The Balaban J connectivity index is 2.74. The van der Waals surface area contributed by atoms with Gasteiger partial charge < -0.3 is 10.6 Å². The lowest BCUT2D eigenvalue weighted by atomic mass is 10.1. The molecule has 3 N–H and O–H groups in total. The standard InChI is InChI=1S/C12H18ClN3O3S/c1-3-15-11-5-4-9(13)8-10(11)12(17)16-6-7-20(18,19)14-2/h4-5,8,14-15H,3,6-7H2,1-2H3,(H,16,17). The molecule has 20 heavy (non-hydrogen) atoms. The predicted octanol–water partition coefficient (Wildman–Crippen LogP) is 1.05. The zero-order valence-corrected chi connectivity index (χ0v) is 12.9. The summed E-state index contributed by atoms with van der Waals surface area (Å²) in [7, 11) is -2.00. The van der Waals surface area contributed by atoms with Gasteiger partial charge in [0, 0.05) is 23.8 Å². The van der Waals surface area contributed by atoms with Crippen molar-refractivity contribution in [3.63, 3.8) is 0 Å². The normalized spacial score (nSPS) is 11.2. The Kier molecular flexibility index (Phi) is 6.25. The van der Waals surface area contributed by atoms with Crippen molar-refractivity contribution in [2.24, 2.45) is 0 Å². The van der Waals surface area contributed by atoms with E-state index in [0.29, 0.717) is 22.8 Å². The van der Waals surface area contributed by atoms with E-state index >= 15 is 0 Å². The molecule has 1 amide bonds. The highest BCUT2D eigenvalue weighted by molar-refractivity contribution is 7.89. The lowest BCUT2D eigenvalue weighted by Crippen LogP contribution is -2.33. The number of halogens is 1. The number of carbonyl (C=O) groups is 1. The Morgan fingerprint density at radius 3 is 2.65 bits per heavy atom. The summed E-state index contributed by atoms with van der Waals surface area (Å²) >= 11 is 5.88. The molecular weight excluding hydrogens is 302 g/mol. The van der Waals surface area contributed by atoms with Crippen LogP contribution in [0.5, 0.6) is 0 Å². The van der Waals surface area contributed by atoms with Crippen molar-refractivity contribution in [1.82, 2.24) is 10.0 Å². The zero-order chi connectivity index (χ0) is 15.2. The first-order chi connectivity index (χ1) is 9.39. The molecule has 0 unspecified atom stereocenters. The molecule has 0 saturated carbocycles. The van der Waals surface area contributed by atoms with Gasteiger partial charge in [-0.3, -0.25) is 4.79 Å². The highest BCUT2D eigenvalue weighted by Gasteiger charge is 2.13. The molecule has 0 aliphatic carbocycles. The molecule has 0 saturated heterocycles. The molecule has 0 aromatic heterocycles. The molecule has 0 bridgehead atoms. The molecule has 0 atom stereocenters. The molecular formula is C12H18ClN3O3S. The Labute approximate surface area is 123 Å². The van der Waals surface area contributed by atoms with Gasteiger partial charge in [0.1, 0.15) is 0 Å². The first kappa shape index (κ1) is 16.7. The summed E-state index contributed by atoms with van der Waals surface area (Å²) in [5, 5.41) is 6.05. The van der Waals surface area contributed by atoms with Crippen molar-refractivity contribution in [1.29, 1.82) is 0 Å². The number of nitrogens with one attached hydrogen (secondary N) is 3. The fourth-order valence-electron chi connectivity index (χ4n) is 1.55. The van der Waals surface area contributed by atoms with Crippen LogP contribution in [0.15, 0.2) is 18.2 Å². The monoisotopic (exact) mass is 319 g/mol. The average molecular weight is 320 g/mol. The summed E-state index contributed by atoms with van der Waals surface area (Å²) in [6.07, 6.45) is 0. The number of sulfonamides is 1. The average Bonchev–Trinajstić information content (AvgIpc) is 2.40. The summed E-state index contributed by atoms with van der Waals surface area (Å²) in [4.78, 5) is 12.0. The number of amides is 1. The Morgan fingerprint density at radius 1 is 1.35 bits per heavy atom. The summed E-state index contributed by atoms with van der Waals surface area (Å²) in [5.74, 6) is -0.540. The molecule has 6 nitrogen and oxygen atoms in total. The number of benzene rings is 1. The fourth-order valence-corrected chi connectivity index (χ4v) is 2.29. The molecule has 112 valence electrons. The molecule has 0 fully saturated rings. The fraction of sp³-hybridized carbons (Fsp3) is 0.417. The van der Waals surface area contributed by atoms with Gasteiger partial charge in [0.05, 0.1) is 11.3 Å². The first-order valence-corrected chi connectivity index (χ1v) is 8.15. The predicted molar refractivity (Wildman–Crippen MR) is 80.8 cm³/mol. The maximum Gasteiger partial charge on any atom is 0.253 e. The molecule has 0 heterocycles. The highest BCUT2D eigenvalue weighted by Crippen LogP contribution is 2.20. The van der Waals surface area contributed by atoms with Gasteiger partial charge in [-0.25, -0.2) is 13.1 Å². The van der Waals surface area contributed by atoms with Crippen molar-refractivity contribution < 1.29 is 13.2 Å². The van der Waals surface area contributed by atoms with Gasteiger partial charge in [0.2, 0.25) is 10.0 Å². The zero-order valence-electron chi connectivity index (χ0n) is 11.4. The lowest BCUT2D eigenvalue weighted by molar-refractivity contribution is 0.0957. The van der Waals surface area contributed by atoms with Gasteiger partial charge in [0.25, 0.3) is 5.91 Å². The number of hydrogen-bond donors (Lipinski definition) is 3. The SMILES string of the molecule is CCNc1ccc(Cl)cc1C(=O)NCCS(=O)(=O)NC. The van der Waals surface area contributed by atoms with Crippen molar-refractivity contribution >= 4 is 33.2 Å². The van der Waals surface area contributed by atoms with Crippen molar-refractivity contribution in [3.05, 3.63) is 28.8 Å². The third-order valence-electron chi connectivity index (χ3n) is 2.56.